The molecule has 14 heavy (non-hydrogen) atoms. The van der Waals surface area contributed by atoms with E-state index in [9.17, 15) is 0 Å². The molecule has 0 radical (unpaired) electrons. The summed E-state index contributed by atoms with van der Waals surface area (Å²) in [5.41, 5.74) is 1.02. The highest BCUT2D eigenvalue weighted by Crippen LogP contribution is 2.15. The lowest BCUT2D eigenvalue weighted by molar-refractivity contribution is 0.0839. The molecule has 0 aliphatic heterocycles. The Labute approximate surface area is 88.0 Å². The Morgan fingerprint density at radius 1 is 1.50 bits per heavy atom. The van der Waals surface area contributed by atoms with Gasteiger partial charge in [0.15, 0.2) is 0 Å². The zero-order valence-corrected chi connectivity index (χ0v) is 9.92. The van der Waals surface area contributed by atoms with E-state index in [-0.39, 0.29) is 6.61 Å². The van der Waals surface area contributed by atoms with Crippen LogP contribution < -0.4 is 0 Å². The molecule has 0 aliphatic rings. The van der Waals surface area contributed by atoms with Gasteiger partial charge in [0.05, 0.1) is 12.7 Å². The van der Waals surface area contributed by atoms with Crippen LogP contribution in [0.15, 0.2) is 11.6 Å². The normalized spacial score (nSPS) is 16.8. The fraction of sp³-hybridized carbons (Fsp3) is 0.833. The number of hydrogen-bond donors (Lipinski definition) is 1. The highest BCUT2D eigenvalue weighted by Gasteiger charge is 2.09. The largest absolute Gasteiger partial charge is 0.392 e. The lowest BCUT2D eigenvalue weighted by Gasteiger charge is -2.17. The van der Waals surface area contributed by atoms with E-state index in [1.807, 2.05) is 6.92 Å². The average Bonchev–Trinajstić information content (AvgIpc) is 2.22. The lowest BCUT2D eigenvalue weighted by Crippen LogP contribution is -2.13. The van der Waals surface area contributed by atoms with Gasteiger partial charge in [0.2, 0.25) is 0 Å². The minimum atomic E-state index is 0.153. The molecule has 2 atom stereocenters. The molecule has 0 rings (SSSR count). The highest BCUT2D eigenvalue weighted by atomic mass is 16.5. The number of aliphatic hydroxyl groups is 1. The smallest absolute Gasteiger partial charge is 0.0639 e. The Morgan fingerprint density at radius 2 is 2.14 bits per heavy atom. The van der Waals surface area contributed by atoms with Gasteiger partial charge in [-0.25, -0.2) is 0 Å². The fourth-order valence-corrected chi connectivity index (χ4v) is 1.30. The molecule has 2 nitrogen and oxygen atoms in total. The van der Waals surface area contributed by atoms with Crippen molar-refractivity contribution in [2.45, 2.75) is 46.1 Å². The van der Waals surface area contributed by atoms with Crippen LogP contribution in [0.1, 0.15) is 40.0 Å². The molecule has 84 valence electrons. The average molecular weight is 200 g/mol. The van der Waals surface area contributed by atoms with E-state index in [4.69, 9.17) is 9.84 Å². The van der Waals surface area contributed by atoms with E-state index in [1.165, 1.54) is 6.42 Å². The Hall–Kier alpha value is -0.340. The lowest BCUT2D eigenvalue weighted by atomic mass is 9.98. The van der Waals surface area contributed by atoms with Crippen LogP contribution in [0.2, 0.25) is 0 Å². The predicted octanol–water partition coefficient (Wildman–Crippen LogP) is 2.77. The van der Waals surface area contributed by atoms with Gasteiger partial charge in [0.1, 0.15) is 0 Å². The van der Waals surface area contributed by atoms with Gasteiger partial charge in [-0.2, -0.15) is 0 Å². The molecule has 2 heteroatoms. The van der Waals surface area contributed by atoms with Gasteiger partial charge in [-0.05, 0) is 25.7 Å². The van der Waals surface area contributed by atoms with Gasteiger partial charge in [0.25, 0.3) is 0 Å². The molecule has 0 saturated carbocycles. The molecule has 0 heterocycles. The van der Waals surface area contributed by atoms with Gasteiger partial charge in [-0.3, -0.25) is 0 Å². The third kappa shape index (κ3) is 6.17. The molecule has 2 unspecified atom stereocenters. The Morgan fingerprint density at radius 3 is 2.57 bits per heavy atom. The van der Waals surface area contributed by atoms with Crippen molar-refractivity contribution in [2.75, 3.05) is 13.7 Å². The number of ether oxygens (including phenoxy) is 1. The Balaban J connectivity index is 3.90. The van der Waals surface area contributed by atoms with E-state index in [0.29, 0.717) is 12.0 Å². The quantitative estimate of drug-likeness (QED) is 0.640. The first-order valence-electron chi connectivity index (χ1n) is 5.43. The monoisotopic (exact) mass is 200 g/mol. The van der Waals surface area contributed by atoms with Gasteiger partial charge in [0, 0.05) is 7.11 Å². The second-order valence-corrected chi connectivity index (χ2v) is 4.05. The molecular weight excluding hydrogens is 176 g/mol. The predicted molar refractivity (Wildman–Crippen MR) is 60.3 cm³/mol. The van der Waals surface area contributed by atoms with Crippen LogP contribution >= 0.6 is 0 Å². The van der Waals surface area contributed by atoms with Crippen molar-refractivity contribution in [1.29, 1.82) is 0 Å². The number of aliphatic hydroxyl groups excluding tert-OH is 1. The van der Waals surface area contributed by atoms with Crippen molar-refractivity contribution in [3.63, 3.8) is 0 Å². The molecule has 0 bridgehead atoms. The third-order valence-electron chi connectivity index (χ3n) is 2.67. The summed E-state index contributed by atoms with van der Waals surface area (Å²) in [5, 5.41) is 8.84. The van der Waals surface area contributed by atoms with E-state index < -0.39 is 0 Å². The summed E-state index contributed by atoms with van der Waals surface area (Å²) in [6.07, 6.45) is 5.57. The SMILES string of the molecule is CCC(C)CC(C/C=C(\C)CO)OC. The number of hydrogen-bond acceptors (Lipinski definition) is 2. The number of rotatable bonds is 7. The second kappa shape index (κ2) is 8.01. The summed E-state index contributed by atoms with van der Waals surface area (Å²) < 4.78 is 5.39. The van der Waals surface area contributed by atoms with E-state index in [0.717, 1.165) is 18.4 Å². The zero-order chi connectivity index (χ0) is 11.0. The molecule has 0 saturated heterocycles. The summed E-state index contributed by atoms with van der Waals surface area (Å²) >= 11 is 0. The molecule has 0 aliphatic carbocycles. The van der Waals surface area contributed by atoms with Crippen molar-refractivity contribution < 1.29 is 9.84 Å². The molecule has 0 aromatic heterocycles. The zero-order valence-electron chi connectivity index (χ0n) is 9.92. The summed E-state index contributed by atoms with van der Waals surface area (Å²) in [7, 11) is 1.76. The Bertz CT molecular complexity index is 164. The van der Waals surface area contributed by atoms with Crippen LogP contribution in [0.4, 0.5) is 0 Å². The van der Waals surface area contributed by atoms with E-state index in [1.54, 1.807) is 7.11 Å². The number of methoxy groups -OCH3 is 1. The fourth-order valence-electron chi connectivity index (χ4n) is 1.30. The molecule has 0 aromatic rings. The molecule has 0 fully saturated rings. The molecule has 1 N–H and O–H groups in total. The third-order valence-corrected chi connectivity index (χ3v) is 2.67. The molecule has 0 aromatic carbocycles. The first kappa shape index (κ1) is 13.7. The van der Waals surface area contributed by atoms with E-state index >= 15 is 0 Å². The van der Waals surface area contributed by atoms with Gasteiger partial charge < -0.3 is 9.84 Å². The van der Waals surface area contributed by atoms with Crippen LogP contribution in [-0.4, -0.2) is 24.9 Å². The van der Waals surface area contributed by atoms with Crippen LogP contribution in [0.25, 0.3) is 0 Å². The first-order chi connectivity index (χ1) is 6.63. The maximum atomic E-state index is 8.84. The van der Waals surface area contributed by atoms with Crippen molar-refractivity contribution in [2.24, 2.45) is 5.92 Å². The first-order valence-corrected chi connectivity index (χ1v) is 5.43. The van der Waals surface area contributed by atoms with Crippen molar-refractivity contribution >= 4 is 0 Å². The minimum absolute atomic E-state index is 0.153. The van der Waals surface area contributed by atoms with Crippen LogP contribution in [0.3, 0.4) is 0 Å². The van der Waals surface area contributed by atoms with Crippen molar-refractivity contribution in [3.8, 4) is 0 Å². The maximum Gasteiger partial charge on any atom is 0.0639 e. The van der Waals surface area contributed by atoms with Gasteiger partial charge in [-0.15, -0.1) is 0 Å². The van der Waals surface area contributed by atoms with Crippen molar-refractivity contribution in [1.82, 2.24) is 0 Å². The summed E-state index contributed by atoms with van der Waals surface area (Å²) in [6.45, 7) is 6.54. The Kier molecular flexibility index (Phi) is 7.81. The van der Waals surface area contributed by atoms with E-state index in [2.05, 4.69) is 19.9 Å². The molecule has 0 spiro atoms. The van der Waals surface area contributed by atoms with Gasteiger partial charge in [-0.1, -0.05) is 31.9 Å². The van der Waals surface area contributed by atoms with Crippen LogP contribution in [0, 0.1) is 5.92 Å². The topological polar surface area (TPSA) is 29.5 Å². The van der Waals surface area contributed by atoms with Crippen LogP contribution in [0.5, 0.6) is 0 Å². The highest BCUT2D eigenvalue weighted by molar-refractivity contribution is 4.98. The van der Waals surface area contributed by atoms with Gasteiger partial charge >= 0.3 is 0 Å². The standard InChI is InChI=1S/C12H24O2/c1-5-10(2)8-12(14-4)7-6-11(3)9-13/h6,10,12-13H,5,7-9H2,1-4H3/b11-6+. The molecular formula is C12H24O2. The van der Waals surface area contributed by atoms with Crippen molar-refractivity contribution in [3.05, 3.63) is 11.6 Å². The summed E-state index contributed by atoms with van der Waals surface area (Å²) in [5.74, 6) is 0.711. The minimum Gasteiger partial charge on any atom is -0.392 e. The maximum absolute atomic E-state index is 8.84. The molecule has 0 amide bonds. The van der Waals surface area contributed by atoms with Crippen LogP contribution in [-0.2, 0) is 4.74 Å². The second-order valence-electron chi connectivity index (χ2n) is 4.05. The summed E-state index contributed by atoms with van der Waals surface area (Å²) in [6, 6.07) is 0. The summed E-state index contributed by atoms with van der Waals surface area (Å²) in [4.78, 5) is 0.